The third-order valence-corrected chi connectivity index (χ3v) is 4.45. The summed E-state index contributed by atoms with van der Waals surface area (Å²) in [5.74, 6) is -2.82. The normalized spacial score (nSPS) is 15.9. The molecule has 146 valence electrons. The molecule has 2 atom stereocenters. The van der Waals surface area contributed by atoms with Gasteiger partial charge in [0, 0.05) is 0 Å². The molecule has 2 unspecified atom stereocenters. The number of nitrogens with zero attached hydrogens (tertiary/aromatic N) is 2. The van der Waals surface area contributed by atoms with Gasteiger partial charge in [-0.1, -0.05) is 55.4 Å². The minimum absolute atomic E-state index is 0.0610. The molecular weight excluding hydrogens is 332 g/mol. The highest BCUT2D eigenvalue weighted by Gasteiger charge is 2.67. The molecule has 0 aliphatic rings. The number of nitriles is 2. The number of rotatable bonds is 9. The van der Waals surface area contributed by atoms with Gasteiger partial charge in [-0.05, 0) is 23.7 Å². The Labute approximate surface area is 157 Å². The largest absolute Gasteiger partial charge is 0.464 e. The van der Waals surface area contributed by atoms with Gasteiger partial charge in [-0.15, -0.1) is 0 Å². The lowest BCUT2D eigenvalue weighted by Crippen LogP contribution is -2.58. The van der Waals surface area contributed by atoms with Crippen LogP contribution in [0.2, 0.25) is 0 Å². The van der Waals surface area contributed by atoms with Crippen molar-refractivity contribution in [3.05, 3.63) is 0 Å². The van der Waals surface area contributed by atoms with Crippen molar-refractivity contribution in [1.29, 1.82) is 10.5 Å². The first-order valence-corrected chi connectivity index (χ1v) is 9.10. The molecule has 0 rings (SSSR count). The molecule has 0 aliphatic heterocycles. The predicted octanol–water partition coefficient (Wildman–Crippen LogP) is 3.72. The topological polar surface area (TPSA) is 100 Å². The molecule has 26 heavy (non-hydrogen) atoms. The minimum atomic E-state index is -1.96. The Morgan fingerprint density at radius 2 is 1.00 bits per heavy atom. The average Bonchev–Trinajstić information content (AvgIpc) is 2.54. The zero-order chi connectivity index (χ0) is 20.7. The number of carbonyl (C=O) groups is 2. The lowest BCUT2D eigenvalue weighted by molar-refractivity contribution is -0.180. The van der Waals surface area contributed by atoms with Crippen LogP contribution in [0.5, 0.6) is 0 Å². The van der Waals surface area contributed by atoms with E-state index in [-0.39, 0.29) is 25.0 Å². The van der Waals surface area contributed by atoms with E-state index in [1.165, 1.54) is 0 Å². The molecule has 0 radical (unpaired) electrons. The van der Waals surface area contributed by atoms with Crippen LogP contribution in [0.15, 0.2) is 0 Å². The number of carbonyl (C=O) groups excluding carboxylic acids is 2. The van der Waals surface area contributed by atoms with Crippen LogP contribution in [0.4, 0.5) is 0 Å². The Kier molecular flexibility index (Phi) is 8.81. The van der Waals surface area contributed by atoms with Crippen molar-refractivity contribution in [3.8, 4) is 12.1 Å². The molecular formula is C20H32N2O4. The van der Waals surface area contributed by atoms with Gasteiger partial charge in [0.15, 0.2) is 10.8 Å². The van der Waals surface area contributed by atoms with Crippen LogP contribution in [0.3, 0.4) is 0 Å². The van der Waals surface area contributed by atoms with E-state index in [9.17, 15) is 20.1 Å². The van der Waals surface area contributed by atoms with E-state index in [1.54, 1.807) is 27.7 Å². The highest BCUT2D eigenvalue weighted by molar-refractivity contribution is 5.93. The van der Waals surface area contributed by atoms with E-state index in [4.69, 9.17) is 9.47 Å². The van der Waals surface area contributed by atoms with E-state index in [0.717, 1.165) is 0 Å². The van der Waals surface area contributed by atoms with Gasteiger partial charge in [-0.25, -0.2) is 0 Å². The molecule has 0 N–H and O–H groups in total. The average molecular weight is 364 g/mol. The van der Waals surface area contributed by atoms with Gasteiger partial charge in [-0.3, -0.25) is 9.59 Å². The summed E-state index contributed by atoms with van der Waals surface area (Å²) in [5, 5.41) is 20.0. The predicted molar refractivity (Wildman–Crippen MR) is 97.4 cm³/mol. The third-order valence-electron chi connectivity index (χ3n) is 4.45. The van der Waals surface area contributed by atoms with Crippen LogP contribution in [-0.4, -0.2) is 25.2 Å². The summed E-state index contributed by atoms with van der Waals surface area (Å²) in [5.41, 5.74) is -3.92. The Bertz CT molecular complexity index is 532. The van der Waals surface area contributed by atoms with Gasteiger partial charge in [-0.2, -0.15) is 10.5 Å². The summed E-state index contributed by atoms with van der Waals surface area (Å²) in [6, 6.07) is 3.96. The number of hydrogen-bond acceptors (Lipinski definition) is 6. The molecule has 0 bridgehead atoms. The molecule has 0 spiro atoms. The van der Waals surface area contributed by atoms with E-state index in [1.807, 2.05) is 39.8 Å². The Balaban J connectivity index is 6.40. The summed E-state index contributed by atoms with van der Waals surface area (Å²) in [6.45, 7) is 14.3. The molecule has 0 aliphatic carbocycles. The Morgan fingerprint density at radius 3 is 1.15 bits per heavy atom. The minimum Gasteiger partial charge on any atom is -0.464 e. The fourth-order valence-electron chi connectivity index (χ4n) is 2.94. The Morgan fingerprint density at radius 1 is 0.731 bits per heavy atom. The van der Waals surface area contributed by atoms with E-state index >= 15 is 0 Å². The van der Waals surface area contributed by atoms with Crippen molar-refractivity contribution < 1.29 is 19.1 Å². The van der Waals surface area contributed by atoms with Crippen molar-refractivity contribution in [2.45, 2.75) is 55.4 Å². The maximum atomic E-state index is 13.0. The summed E-state index contributed by atoms with van der Waals surface area (Å²) in [6.07, 6.45) is 0. The molecule has 0 aromatic heterocycles. The Hall–Kier alpha value is -2.08. The quantitative estimate of drug-likeness (QED) is 0.578. The highest BCUT2D eigenvalue weighted by atomic mass is 16.5. The van der Waals surface area contributed by atoms with Crippen LogP contribution in [0, 0.1) is 57.2 Å². The second-order valence-corrected chi connectivity index (χ2v) is 8.13. The van der Waals surface area contributed by atoms with Crippen molar-refractivity contribution in [3.63, 3.8) is 0 Å². The third kappa shape index (κ3) is 4.36. The second-order valence-electron chi connectivity index (χ2n) is 8.13. The lowest BCUT2D eigenvalue weighted by Gasteiger charge is -2.42. The van der Waals surface area contributed by atoms with E-state index in [0.29, 0.717) is 0 Å². The van der Waals surface area contributed by atoms with Gasteiger partial charge in [0.1, 0.15) is 0 Å². The fourth-order valence-corrected chi connectivity index (χ4v) is 2.94. The summed E-state index contributed by atoms with van der Waals surface area (Å²) < 4.78 is 10.7. The van der Waals surface area contributed by atoms with Crippen LogP contribution in [-0.2, 0) is 19.1 Å². The maximum absolute atomic E-state index is 13.0. The van der Waals surface area contributed by atoms with Crippen LogP contribution in [0.25, 0.3) is 0 Å². The first-order chi connectivity index (χ1) is 11.9. The standard InChI is InChI=1S/C20H32N2O4/c1-13(2)9-25-17(23)19(11-21,15(5)6)20(12-22,16(7)8)18(24)26-10-14(3)4/h13-16H,9-10H2,1-8H3. The number of esters is 2. The van der Waals surface area contributed by atoms with Gasteiger partial charge >= 0.3 is 11.9 Å². The molecule has 0 fully saturated rings. The van der Waals surface area contributed by atoms with Crippen molar-refractivity contribution in [1.82, 2.24) is 0 Å². The maximum Gasteiger partial charge on any atom is 0.329 e. The molecule has 0 saturated carbocycles. The lowest BCUT2D eigenvalue weighted by atomic mass is 9.54. The molecule has 6 heteroatoms. The monoisotopic (exact) mass is 364 g/mol. The van der Waals surface area contributed by atoms with Gasteiger partial charge in [0.2, 0.25) is 0 Å². The number of ether oxygens (including phenoxy) is 2. The van der Waals surface area contributed by atoms with Crippen LogP contribution >= 0.6 is 0 Å². The van der Waals surface area contributed by atoms with Crippen molar-refractivity contribution in [2.75, 3.05) is 13.2 Å². The first-order valence-electron chi connectivity index (χ1n) is 9.10. The summed E-state index contributed by atoms with van der Waals surface area (Å²) >= 11 is 0. The molecule has 0 aromatic carbocycles. The molecule has 0 heterocycles. The van der Waals surface area contributed by atoms with Gasteiger partial charge < -0.3 is 9.47 Å². The van der Waals surface area contributed by atoms with Gasteiger partial charge in [0.05, 0.1) is 25.4 Å². The zero-order valence-corrected chi connectivity index (χ0v) is 17.3. The molecule has 0 amide bonds. The van der Waals surface area contributed by atoms with Crippen LogP contribution in [0.1, 0.15) is 55.4 Å². The fraction of sp³-hybridized carbons (Fsp3) is 0.800. The van der Waals surface area contributed by atoms with Crippen molar-refractivity contribution >= 4 is 11.9 Å². The molecule has 0 saturated heterocycles. The molecule has 6 nitrogen and oxygen atoms in total. The van der Waals surface area contributed by atoms with Gasteiger partial charge in [0.25, 0.3) is 0 Å². The smallest absolute Gasteiger partial charge is 0.329 e. The van der Waals surface area contributed by atoms with Crippen LogP contribution < -0.4 is 0 Å². The van der Waals surface area contributed by atoms with Crippen molar-refractivity contribution in [2.24, 2.45) is 34.5 Å². The summed E-state index contributed by atoms with van der Waals surface area (Å²) in [7, 11) is 0. The second kappa shape index (κ2) is 9.57. The van der Waals surface area contributed by atoms with E-state index in [2.05, 4.69) is 0 Å². The molecule has 0 aromatic rings. The van der Waals surface area contributed by atoms with E-state index < -0.39 is 34.6 Å². The zero-order valence-electron chi connectivity index (χ0n) is 17.3. The highest BCUT2D eigenvalue weighted by Crippen LogP contribution is 2.51. The first kappa shape index (κ1) is 23.9. The summed E-state index contributed by atoms with van der Waals surface area (Å²) in [4.78, 5) is 26.0. The number of hydrogen-bond donors (Lipinski definition) is 0. The SMILES string of the molecule is CC(C)COC(=O)C(C#N)(C(C)C)C(C#N)(C(=O)OCC(C)C)C(C)C.